The monoisotopic (exact) mass is 290 g/mol. The average molecular weight is 290 g/mol. The van der Waals surface area contributed by atoms with Crippen molar-refractivity contribution in [3.8, 4) is 5.75 Å². The van der Waals surface area contributed by atoms with E-state index < -0.39 is 4.92 Å². The Hall–Kier alpha value is -2.97. The molecule has 9 nitrogen and oxygen atoms in total. The molecule has 1 aromatic heterocycles. The van der Waals surface area contributed by atoms with E-state index in [-0.39, 0.29) is 18.2 Å². The second-order valence-corrected chi connectivity index (χ2v) is 4.35. The molecular weight excluding hydrogens is 276 g/mol. The molecule has 0 atom stereocenters. The van der Waals surface area contributed by atoms with Crippen LogP contribution in [-0.4, -0.2) is 34.0 Å². The largest absolute Gasteiger partial charge is 0.485 e. The minimum atomic E-state index is -0.488. The first-order valence-corrected chi connectivity index (χ1v) is 6.00. The molecule has 2 N–H and O–H groups in total. The van der Waals surface area contributed by atoms with Gasteiger partial charge in [-0.15, -0.1) is 0 Å². The molecular formula is C12H14N6O3. The van der Waals surface area contributed by atoms with Crippen molar-refractivity contribution >= 4 is 17.6 Å². The minimum absolute atomic E-state index is 0.0364. The van der Waals surface area contributed by atoms with Crippen molar-refractivity contribution in [1.82, 2.24) is 15.0 Å². The number of benzene rings is 1. The van der Waals surface area contributed by atoms with Crippen molar-refractivity contribution in [1.29, 1.82) is 0 Å². The summed E-state index contributed by atoms with van der Waals surface area (Å²) in [7, 11) is 3.56. The van der Waals surface area contributed by atoms with Gasteiger partial charge in [-0.1, -0.05) is 6.07 Å². The summed E-state index contributed by atoms with van der Waals surface area (Å²) < 4.78 is 5.44. The maximum Gasteiger partial charge on any atom is 0.273 e. The van der Waals surface area contributed by atoms with E-state index in [9.17, 15) is 10.1 Å². The number of nitrogen functional groups attached to an aromatic ring is 1. The van der Waals surface area contributed by atoms with E-state index in [4.69, 9.17) is 10.5 Å². The normalized spacial score (nSPS) is 10.2. The van der Waals surface area contributed by atoms with E-state index in [0.717, 1.165) is 0 Å². The summed E-state index contributed by atoms with van der Waals surface area (Å²) >= 11 is 0. The summed E-state index contributed by atoms with van der Waals surface area (Å²) in [6.07, 6.45) is 0. The molecule has 0 saturated heterocycles. The van der Waals surface area contributed by atoms with Crippen LogP contribution in [0.15, 0.2) is 24.3 Å². The molecule has 110 valence electrons. The molecule has 0 unspecified atom stereocenters. The lowest BCUT2D eigenvalue weighted by atomic mass is 10.3. The van der Waals surface area contributed by atoms with E-state index in [1.807, 2.05) is 0 Å². The number of rotatable bonds is 5. The summed E-state index contributed by atoms with van der Waals surface area (Å²) in [5, 5.41) is 10.7. The highest BCUT2D eigenvalue weighted by Crippen LogP contribution is 2.20. The fourth-order valence-corrected chi connectivity index (χ4v) is 1.52. The number of non-ortho nitro benzene ring substituents is 1. The molecule has 0 bridgehead atoms. The summed E-state index contributed by atoms with van der Waals surface area (Å²) in [4.78, 5) is 24.0. The molecule has 2 aromatic rings. The number of hydrogen-bond acceptors (Lipinski definition) is 8. The van der Waals surface area contributed by atoms with Crippen LogP contribution in [0.3, 0.4) is 0 Å². The Kier molecular flexibility index (Phi) is 4.12. The van der Waals surface area contributed by atoms with Crippen LogP contribution >= 0.6 is 0 Å². The Bertz CT molecular complexity index is 661. The van der Waals surface area contributed by atoms with Crippen LogP contribution in [0.4, 0.5) is 17.6 Å². The lowest BCUT2D eigenvalue weighted by Gasteiger charge is -2.11. The number of nitrogens with zero attached hydrogens (tertiary/aromatic N) is 5. The summed E-state index contributed by atoms with van der Waals surface area (Å²) in [5.41, 5.74) is 5.55. The standard InChI is InChI=1S/C12H14N6O3/c1-17(2)12-15-10(14-11(13)16-12)7-21-9-5-3-4-8(6-9)18(19)20/h3-6H,7H2,1-2H3,(H2,13,14,15,16). The predicted octanol–water partition coefficient (Wildman–Crippen LogP) is 1.01. The zero-order valence-corrected chi connectivity index (χ0v) is 11.6. The molecule has 0 fully saturated rings. The lowest BCUT2D eigenvalue weighted by Crippen LogP contribution is -2.16. The van der Waals surface area contributed by atoms with Gasteiger partial charge in [-0.2, -0.15) is 15.0 Å². The molecule has 0 aliphatic carbocycles. The average Bonchev–Trinajstić information content (AvgIpc) is 2.45. The molecule has 1 aromatic carbocycles. The Morgan fingerprint density at radius 1 is 1.33 bits per heavy atom. The van der Waals surface area contributed by atoms with Gasteiger partial charge in [0.25, 0.3) is 5.69 Å². The van der Waals surface area contributed by atoms with Crippen LogP contribution in [-0.2, 0) is 6.61 Å². The van der Waals surface area contributed by atoms with Crippen molar-refractivity contribution < 1.29 is 9.66 Å². The van der Waals surface area contributed by atoms with Crippen LogP contribution in [0.1, 0.15) is 5.82 Å². The van der Waals surface area contributed by atoms with Gasteiger partial charge in [-0.25, -0.2) is 0 Å². The van der Waals surface area contributed by atoms with E-state index in [2.05, 4.69) is 15.0 Å². The topological polar surface area (TPSA) is 120 Å². The molecule has 9 heteroatoms. The summed E-state index contributed by atoms with van der Waals surface area (Å²) in [5.74, 6) is 1.21. The molecule has 0 aliphatic heterocycles. The van der Waals surface area contributed by atoms with Gasteiger partial charge in [-0.05, 0) is 6.07 Å². The third-order valence-corrected chi connectivity index (χ3v) is 2.48. The van der Waals surface area contributed by atoms with Gasteiger partial charge in [0.05, 0.1) is 11.0 Å². The van der Waals surface area contributed by atoms with Crippen molar-refractivity contribution in [3.63, 3.8) is 0 Å². The number of ether oxygens (including phenoxy) is 1. The first-order valence-electron chi connectivity index (χ1n) is 6.00. The Morgan fingerprint density at radius 3 is 2.76 bits per heavy atom. The third kappa shape index (κ3) is 3.75. The van der Waals surface area contributed by atoms with E-state index >= 15 is 0 Å². The van der Waals surface area contributed by atoms with Gasteiger partial charge >= 0.3 is 0 Å². The number of nitro benzene ring substituents is 1. The van der Waals surface area contributed by atoms with Gasteiger partial charge in [0.2, 0.25) is 11.9 Å². The first kappa shape index (κ1) is 14.4. The van der Waals surface area contributed by atoms with Crippen LogP contribution in [0.2, 0.25) is 0 Å². The highest BCUT2D eigenvalue weighted by molar-refractivity contribution is 5.38. The Balaban J connectivity index is 2.13. The summed E-state index contributed by atoms with van der Waals surface area (Å²) in [6, 6.07) is 5.88. The van der Waals surface area contributed by atoms with Gasteiger partial charge in [0.1, 0.15) is 12.4 Å². The molecule has 1 heterocycles. The van der Waals surface area contributed by atoms with Crippen LogP contribution in [0, 0.1) is 10.1 Å². The highest BCUT2D eigenvalue weighted by atomic mass is 16.6. The Labute approximate surface area is 120 Å². The summed E-state index contributed by atoms with van der Waals surface area (Å²) in [6.45, 7) is 0.0364. The molecule has 0 aliphatic rings. The number of nitro groups is 1. The fraction of sp³-hybridized carbons (Fsp3) is 0.250. The van der Waals surface area contributed by atoms with Gasteiger partial charge in [0.15, 0.2) is 5.82 Å². The van der Waals surface area contributed by atoms with Gasteiger partial charge < -0.3 is 15.4 Å². The van der Waals surface area contributed by atoms with Crippen molar-refractivity contribution in [2.24, 2.45) is 0 Å². The number of anilines is 2. The van der Waals surface area contributed by atoms with Crippen molar-refractivity contribution in [3.05, 3.63) is 40.2 Å². The quantitative estimate of drug-likeness (QED) is 0.639. The van der Waals surface area contributed by atoms with E-state index in [1.54, 1.807) is 31.1 Å². The second kappa shape index (κ2) is 5.99. The van der Waals surface area contributed by atoms with Gasteiger partial charge in [0, 0.05) is 20.2 Å². The van der Waals surface area contributed by atoms with Crippen LogP contribution in [0.5, 0.6) is 5.75 Å². The van der Waals surface area contributed by atoms with Crippen LogP contribution < -0.4 is 15.4 Å². The molecule has 0 radical (unpaired) electrons. The third-order valence-electron chi connectivity index (χ3n) is 2.48. The smallest absolute Gasteiger partial charge is 0.273 e. The second-order valence-electron chi connectivity index (χ2n) is 4.35. The maximum atomic E-state index is 10.7. The SMILES string of the molecule is CN(C)c1nc(N)nc(COc2cccc([N+](=O)[O-])c2)n1. The predicted molar refractivity (Wildman–Crippen MR) is 76.0 cm³/mol. The molecule has 0 spiro atoms. The zero-order valence-electron chi connectivity index (χ0n) is 11.6. The van der Waals surface area contributed by atoms with Crippen molar-refractivity contribution in [2.75, 3.05) is 24.7 Å². The number of hydrogen-bond donors (Lipinski definition) is 1. The minimum Gasteiger partial charge on any atom is -0.485 e. The zero-order chi connectivity index (χ0) is 15.4. The number of aromatic nitrogens is 3. The Morgan fingerprint density at radius 2 is 2.10 bits per heavy atom. The maximum absolute atomic E-state index is 10.7. The lowest BCUT2D eigenvalue weighted by molar-refractivity contribution is -0.384. The fourth-order valence-electron chi connectivity index (χ4n) is 1.52. The molecule has 2 rings (SSSR count). The molecule has 21 heavy (non-hydrogen) atoms. The van der Waals surface area contributed by atoms with Gasteiger partial charge in [-0.3, -0.25) is 10.1 Å². The molecule has 0 saturated carbocycles. The number of nitrogens with two attached hydrogens (primary N) is 1. The highest BCUT2D eigenvalue weighted by Gasteiger charge is 2.09. The first-order chi connectivity index (χ1) is 9.95. The van der Waals surface area contributed by atoms with Crippen LogP contribution in [0.25, 0.3) is 0 Å². The van der Waals surface area contributed by atoms with E-state index in [1.165, 1.54) is 12.1 Å². The molecule has 0 amide bonds. The van der Waals surface area contributed by atoms with Crippen molar-refractivity contribution in [2.45, 2.75) is 6.61 Å². The van der Waals surface area contributed by atoms with E-state index in [0.29, 0.717) is 17.5 Å².